The van der Waals surface area contributed by atoms with Crippen molar-refractivity contribution in [2.45, 2.75) is 0 Å². The van der Waals surface area contributed by atoms with E-state index in [0.29, 0.717) is 5.82 Å². The number of halogens is 2. The zero-order chi connectivity index (χ0) is 16.8. The molecule has 118 valence electrons. The Balaban J connectivity index is 2.40. The molecule has 0 N–H and O–H groups in total. The molecular weight excluding hydrogens is 339 g/mol. The predicted octanol–water partition coefficient (Wildman–Crippen LogP) is 3.85. The molecule has 2 heterocycles. The van der Waals surface area contributed by atoms with Crippen molar-refractivity contribution < 1.29 is 9.47 Å². The fourth-order valence-corrected chi connectivity index (χ4v) is 1.96. The second-order valence-electron chi connectivity index (χ2n) is 4.03. The lowest BCUT2D eigenvalue weighted by Crippen LogP contribution is -2.04. The van der Waals surface area contributed by atoms with Crippen LogP contribution in [0.1, 0.15) is 0 Å². The van der Waals surface area contributed by atoms with Crippen LogP contribution in [0.3, 0.4) is 0 Å². The topological polar surface area (TPSA) is 70.0 Å². The minimum Gasteiger partial charge on any atom is -0.493 e. The van der Waals surface area contributed by atoms with Gasteiger partial charge in [0.25, 0.3) is 0 Å². The summed E-state index contributed by atoms with van der Waals surface area (Å²) in [6.07, 6.45) is 6.18. The first-order valence-electron chi connectivity index (χ1n) is 6.31. The van der Waals surface area contributed by atoms with E-state index in [4.69, 9.17) is 32.7 Å². The average Bonchev–Trinajstić information content (AvgIpc) is 2.57. The lowest BCUT2D eigenvalue weighted by atomic mass is 10.4. The molecule has 2 aromatic rings. The molecule has 2 aromatic heterocycles. The Morgan fingerprint density at radius 3 is 2.26 bits per heavy atom. The van der Waals surface area contributed by atoms with Gasteiger partial charge in [0.2, 0.25) is 11.6 Å². The van der Waals surface area contributed by atoms with Gasteiger partial charge in [-0.1, -0.05) is 42.4 Å². The molecular formula is C15H12Cl2N4O2. The highest BCUT2D eigenvalue weighted by Crippen LogP contribution is 2.33. The Morgan fingerprint density at radius 2 is 1.74 bits per heavy atom. The van der Waals surface area contributed by atoms with Crippen LogP contribution in [0.5, 0.6) is 5.75 Å². The van der Waals surface area contributed by atoms with Gasteiger partial charge in [-0.25, -0.2) is 19.9 Å². The third kappa shape index (κ3) is 4.06. The molecule has 0 aliphatic rings. The Morgan fingerprint density at radius 1 is 1.13 bits per heavy atom. The van der Waals surface area contributed by atoms with Crippen LogP contribution in [0, 0.1) is 0 Å². The van der Waals surface area contributed by atoms with Crippen molar-refractivity contribution in [1.82, 2.24) is 19.9 Å². The average molecular weight is 351 g/mol. The summed E-state index contributed by atoms with van der Waals surface area (Å²) in [6, 6.07) is 1.67. The van der Waals surface area contributed by atoms with E-state index in [9.17, 15) is 0 Å². The van der Waals surface area contributed by atoms with Crippen molar-refractivity contribution in [2.24, 2.45) is 0 Å². The molecule has 2 rings (SSSR count). The summed E-state index contributed by atoms with van der Waals surface area (Å²) in [6.45, 7) is 7.29. The largest absolute Gasteiger partial charge is 0.493 e. The van der Waals surface area contributed by atoms with E-state index in [0.717, 1.165) is 0 Å². The van der Waals surface area contributed by atoms with Crippen LogP contribution in [-0.2, 0) is 4.74 Å². The summed E-state index contributed by atoms with van der Waals surface area (Å²) in [5, 5.41) is 0.0117. The van der Waals surface area contributed by atoms with Crippen LogP contribution in [0.2, 0.25) is 10.3 Å². The van der Waals surface area contributed by atoms with Gasteiger partial charge in [-0.05, 0) is 12.1 Å². The maximum absolute atomic E-state index is 6.14. The normalized spacial score (nSPS) is 11.0. The maximum Gasteiger partial charge on any atom is 0.202 e. The van der Waals surface area contributed by atoms with Crippen molar-refractivity contribution >= 4 is 23.2 Å². The van der Waals surface area contributed by atoms with Gasteiger partial charge in [-0.3, -0.25) is 0 Å². The van der Waals surface area contributed by atoms with E-state index >= 15 is 0 Å². The van der Waals surface area contributed by atoms with Gasteiger partial charge >= 0.3 is 0 Å². The number of aromatic nitrogens is 4. The molecule has 0 radical (unpaired) electrons. The van der Waals surface area contributed by atoms with E-state index in [1.54, 1.807) is 24.5 Å². The number of hydrogen-bond donors (Lipinski definition) is 0. The first-order chi connectivity index (χ1) is 11.1. The van der Waals surface area contributed by atoms with Crippen LogP contribution >= 0.6 is 23.2 Å². The standard InChI is InChI=1S/C15H12Cl2N4O2/c1-4-6-10(9(2)22-3)23-11-12(16)20-15(21-13(11)17)14-18-7-5-8-19-14/h4-8H,1-2H2,3H3/b10-6+. The third-order valence-corrected chi connectivity index (χ3v) is 3.06. The number of allylic oxidation sites excluding steroid dienone is 2. The van der Waals surface area contributed by atoms with E-state index in [1.807, 2.05) is 0 Å². The second kappa shape index (κ2) is 7.71. The molecule has 23 heavy (non-hydrogen) atoms. The van der Waals surface area contributed by atoms with Gasteiger partial charge in [0.05, 0.1) is 7.11 Å². The molecule has 0 spiro atoms. The van der Waals surface area contributed by atoms with E-state index in [1.165, 1.54) is 13.2 Å². The monoisotopic (exact) mass is 350 g/mol. The first-order valence-corrected chi connectivity index (χ1v) is 7.06. The quantitative estimate of drug-likeness (QED) is 0.447. The van der Waals surface area contributed by atoms with Crippen molar-refractivity contribution in [3.63, 3.8) is 0 Å². The highest BCUT2D eigenvalue weighted by Gasteiger charge is 2.18. The Hall–Kier alpha value is -2.44. The zero-order valence-corrected chi connectivity index (χ0v) is 13.7. The molecule has 0 amide bonds. The molecule has 0 bridgehead atoms. The highest BCUT2D eigenvalue weighted by atomic mass is 35.5. The van der Waals surface area contributed by atoms with Crippen LogP contribution in [-0.4, -0.2) is 27.0 Å². The molecule has 0 unspecified atom stereocenters. The number of methoxy groups -OCH3 is 1. The summed E-state index contributed by atoms with van der Waals surface area (Å²) in [4.78, 5) is 16.3. The predicted molar refractivity (Wildman–Crippen MR) is 88.1 cm³/mol. The second-order valence-corrected chi connectivity index (χ2v) is 4.74. The van der Waals surface area contributed by atoms with Gasteiger partial charge in [-0.2, -0.15) is 0 Å². The number of hydrogen-bond acceptors (Lipinski definition) is 6. The van der Waals surface area contributed by atoms with Gasteiger partial charge in [0.1, 0.15) is 0 Å². The summed E-state index contributed by atoms with van der Waals surface area (Å²) in [5.41, 5.74) is 0. The smallest absolute Gasteiger partial charge is 0.202 e. The Labute approximate surface area is 143 Å². The lowest BCUT2D eigenvalue weighted by molar-refractivity contribution is 0.264. The van der Waals surface area contributed by atoms with Crippen LogP contribution in [0.4, 0.5) is 0 Å². The van der Waals surface area contributed by atoms with Gasteiger partial charge < -0.3 is 9.47 Å². The third-order valence-electron chi connectivity index (χ3n) is 2.55. The Kier molecular flexibility index (Phi) is 5.67. The summed E-state index contributed by atoms with van der Waals surface area (Å²) in [5.74, 6) is 1.10. The van der Waals surface area contributed by atoms with Crippen LogP contribution < -0.4 is 4.74 Å². The zero-order valence-electron chi connectivity index (χ0n) is 12.2. The van der Waals surface area contributed by atoms with Gasteiger partial charge in [0, 0.05) is 12.4 Å². The summed E-state index contributed by atoms with van der Waals surface area (Å²) >= 11 is 12.3. The fraction of sp³-hybridized carbons (Fsp3) is 0.0667. The fourth-order valence-electron chi connectivity index (χ4n) is 1.50. The first kappa shape index (κ1) is 16.9. The van der Waals surface area contributed by atoms with Crippen LogP contribution in [0.15, 0.2) is 55.3 Å². The molecule has 0 aliphatic heterocycles. The minimum atomic E-state index is 0.00585. The summed E-state index contributed by atoms with van der Waals surface area (Å²) in [7, 11) is 1.46. The molecule has 6 nitrogen and oxygen atoms in total. The minimum absolute atomic E-state index is 0.00585. The molecule has 0 saturated heterocycles. The van der Waals surface area contributed by atoms with E-state index in [-0.39, 0.29) is 33.4 Å². The molecule has 8 heteroatoms. The Bertz CT molecular complexity index is 740. The summed E-state index contributed by atoms with van der Waals surface area (Å²) < 4.78 is 10.6. The number of rotatable bonds is 6. The number of ether oxygens (including phenoxy) is 2. The van der Waals surface area contributed by atoms with Crippen molar-refractivity contribution in [1.29, 1.82) is 0 Å². The molecule has 0 aromatic carbocycles. The van der Waals surface area contributed by atoms with Gasteiger partial charge in [-0.15, -0.1) is 0 Å². The van der Waals surface area contributed by atoms with Crippen molar-refractivity contribution in [2.75, 3.05) is 7.11 Å². The molecule has 0 aliphatic carbocycles. The van der Waals surface area contributed by atoms with Crippen molar-refractivity contribution in [3.8, 4) is 17.4 Å². The van der Waals surface area contributed by atoms with Crippen LogP contribution in [0.25, 0.3) is 11.6 Å². The molecule has 0 saturated carbocycles. The lowest BCUT2D eigenvalue weighted by Gasteiger charge is -2.13. The maximum atomic E-state index is 6.14. The SMILES string of the molecule is C=C/C=C(/Oc1c(Cl)nc(-c2ncccn2)nc1Cl)C(=C)OC. The highest BCUT2D eigenvalue weighted by molar-refractivity contribution is 6.35. The van der Waals surface area contributed by atoms with E-state index < -0.39 is 0 Å². The van der Waals surface area contributed by atoms with Gasteiger partial charge in [0.15, 0.2) is 27.6 Å². The molecule has 0 atom stereocenters. The van der Waals surface area contributed by atoms with Crippen molar-refractivity contribution in [3.05, 3.63) is 65.6 Å². The van der Waals surface area contributed by atoms with E-state index in [2.05, 4.69) is 33.1 Å². The molecule has 0 fully saturated rings. The number of nitrogens with zero attached hydrogens (tertiary/aromatic N) is 4.